The van der Waals surface area contributed by atoms with Gasteiger partial charge in [0.1, 0.15) is 11.6 Å². The van der Waals surface area contributed by atoms with Crippen LogP contribution in [-0.2, 0) is 4.74 Å². The average molecular weight is 319 g/mol. The minimum Gasteiger partial charge on any atom is -0.393 e. The highest BCUT2D eigenvalue weighted by atomic mass is 16.5. The fourth-order valence-electron chi connectivity index (χ4n) is 4.25. The Labute approximate surface area is 136 Å². The molecule has 126 valence electrons. The molecule has 0 spiro atoms. The summed E-state index contributed by atoms with van der Waals surface area (Å²) in [7, 11) is 0. The van der Waals surface area contributed by atoms with Crippen molar-refractivity contribution >= 4 is 17.6 Å². The van der Waals surface area contributed by atoms with Crippen molar-refractivity contribution in [3.63, 3.8) is 0 Å². The Kier molecular flexibility index (Phi) is 3.98. The van der Waals surface area contributed by atoms with Crippen LogP contribution in [0.4, 0.5) is 17.6 Å². The molecule has 1 aromatic heterocycles. The van der Waals surface area contributed by atoms with Crippen molar-refractivity contribution in [2.24, 2.45) is 0 Å². The van der Waals surface area contributed by atoms with E-state index in [1.807, 2.05) is 0 Å². The van der Waals surface area contributed by atoms with E-state index in [1.54, 1.807) is 0 Å². The van der Waals surface area contributed by atoms with Crippen LogP contribution in [0.3, 0.4) is 0 Å². The van der Waals surface area contributed by atoms with Crippen molar-refractivity contribution < 1.29 is 9.84 Å². The summed E-state index contributed by atoms with van der Waals surface area (Å²) in [6.45, 7) is 3.11. The summed E-state index contributed by atoms with van der Waals surface area (Å²) in [6, 6.07) is 2.79. The van der Waals surface area contributed by atoms with Gasteiger partial charge in [-0.05, 0) is 32.1 Å². The third-order valence-corrected chi connectivity index (χ3v) is 5.27. The first-order valence-corrected chi connectivity index (χ1v) is 8.64. The van der Waals surface area contributed by atoms with Crippen LogP contribution in [0.25, 0.3) is 0 Å². The SMILES string of the molecule is Nc1nc(N2CCOCC2)cc(N2[C@@H]3CCC[C@H]2CC(O)C3)n1. The maximum absolute atomic E-state index is 10.1. The number of aliphatic hydroxyl groups excluding tert-OH is 1. The van der Waals surface area contributed by atoms with Gasteiger partial charge in [0.05, 0.1) is 19.3 Å². The molecular formula is C16H25N5O2. The van der Waals surface area contributed by atoms with Gasteiger partial charge in [-0.25, -0.2) is 0 Å². The second kappa shape index (κ2) is 6.13. The van der Waals surface area contributed by atoms with Crippen LogP contribution < -0.4 is 15.5 Å². The van der Waals surface area contributed by atoms with Crippen LogP contribution in [-0.4, -0.2) is 59.6 Å². The van der Waals surface area contributed by atoms with Crippen molar-refractivity contribution in [1.82, 2.24) is 9.97 Å². The summed E-state index contributed by atoms with van der Waals surface area (Å²) >= 11 is 0. The van der Waals surface area contributed by atoms with Crippen molar-refractivity contribution in [2.45, 2.75) is 50.3 Å². The van der Waals surface area contributed by atoms with Gasteiger partial charge in [-0.15, -0.1) is 0 Å². The monoisotopic (exact) mass is 319 g/mol. The number of fused-ring (bicyclic) bond motifs is 2. The first kappa shape index (κ1) is 15.0. The highest BCUT2D eigenvalue weighted by molar-refractivity contribution is 5.56. The molecule has 3 aliphatic rings. The number of hydrogen-bond acceptors (Lipinski definition) is 7. The molecule has 0 amide bonds. The van der Waals surface area contributed by atoms with Crippen LogP contribution >= 0.6 is 0 Å². The van der Waals surface area contributed by atoms with E-state index in [0.29, 0.717) is 18.0 Å². The smallest absolute Gasteiger partial charge is 0.223 e. The Balaban J connectivity index is 1.64. The summed E-state index contributed by atoms with van der Waals surface area (Å²) in [4.78, 5) is 13.5. The van der Waals surface area contributed by atoms with E-state index in [4.69, 9.17) is 10.5 Å². The highest BCUT2D eigenvalue weighted by Crippen LogP contribution is 2.38. The van der Waals surface area contributed by atoms with E-state index in [9.17, 15) is 5.11 Å². The maximum Gasteiger partial charge on any atom is 0.223 e. The lowest BCUT2D eigenvalue weighted by atomic mass is 9.83. The summed E-state index contributed by atoms with van der Waals surface area (Å²) in [5.41, 5.74) is 5.99. The number of morpholine rings is 1. The lowest BCUT2D eigenvalue weighted by Crippen LogP contribution is -2.54. The van der Waals surface area contributed by atoms with Crippen molar-refractivity contribution in [3.8, 4) is 0 Å². The predicted octanol–water partition coefficient (Wildman–Crippen LogP) is 0.778. The molecule has 2 bridgehead atoms. The zero-order valence-electron chi connectivity index (χ0n) is 13.4. The molecule has 1 aromatic rings. The minimum atomic E-state index is -0.181. The predicted molar refractivity (Wildman–Crippen MR) is 88.6 cm³/mol. The van der Waals surface area contributed by atoms with E-state index < -0.39 is 0 Å². The summed E-state index contributed by atoms with van der Waals surface area (Å²) in [5.74, 6) is 2.13. The minimum absolute atomic E-state index is 0.181. The van der Waals surface area contributed by atoms with Gasteiger partial charge in [-0.2, -0.15) is 9.97 Å². The number of nitrogens with two attached hydrogens (primary N) is 1. The Bertz CT molecular complexity index is 549. The number of hydrogen-bond donors (Lipinski definition) is 2. The number of nitrogen functional groups attached to an aromatic ring is 1. The molecule has 3 saturated heterocycles. The molecule has 4 rings (SSSR count). The Hall–Kier alpha value is -1.60. The zero-order chi connectivity index (χ0) is 15.8. The van der Waals surface area contributed by atoms with Gasteiger partial charge < -0.3 is 25.4 Å². The number of aromatic nitrogens is 2. The Morgan fingerprint density at radius 2 is 1.74 bits per heavy atom. The second-order valence-electron chi connectivity index (χ2n) is 6.81. The maximum atomic E-state index is 10.1. The van der Waals surface area contributed by atoms with Gasteiger partial charge in [0, 0.05) is 31.2 Å². The van der Waals surface area contributed by atoms with Crippen LogP contribution in [0.1, 0.15) is 32.1 Å². The van der Waals surface area contributed by atoms with Gasteiger partial charge in [0.15, 0.2) is 0 Å². The molecule has 3 aliphatic heterocycles. The molecule has 7 heteroatoms. The largest absolute Gasteiger partial charge is 0.393 e. The van der Waals surface area contributed by atoms with Crippen molar-refractivity contribution in [1.29, 1.82) is 0 Å². The van der Waals surface area contributed by atoms with Crippen molar-refractivity contribution in [2.75, 3.05) is 41.8 Å². The molecule has 3 N–H and O–H groups in total. The average Bonchev–Trinajstić information content (AvgIpc) is 2.54. The molecule has 7 nitrogen and oxygen atoms in total. The van der Waals surface area contributed by atoms with E-state index >= 15 is 0 Å². The van der Waals surface area contributed by atoms with Crippen LogP contribution in [0.15, 0.2) is 6.07 Å². The summed E-state index contributed by atoms with van der Waals surface area (Å²) in [6.07, 6.45) is 4.93. The number of ether oxygens (including phenoxy) is 1. The molecule has 0 radical (unpaired) electrons. The third kappa shape index (κ3) is 2.95. The number of piperidine rings is 2. The zero-order valence-corrected chi connectivity index (χ0v) is 13.4. The van der Waals surface area contributed by atoms with Gasteiger partial charge in [-0.3, -0.25) is 0 Å². The fraction of sp³-hybridized carbons (Fsp3) is 0.750. The normalized spacial score (nSPS) is 31.3. The van der Waals surface area contributed by atoms with E-state index in [2.05, 4.69) is 25.8 Å². The lowest BCUT2D eigenvalue weighted by molar-refractivity contribution is 0.0924. The van der Waals surface area contributed by atoms with Crippen LogP contribution in [0, 0.1) is 0 Å². The molecule has 23 heavy (non-hydrogen) atoms. The quantitative estimate of drug-likeness (QED) is 0.832. The lowest BCUT2D eigenvalue weighted by Gasteiger charge is -2.48. The third-order valence-electron chi connectivity index (χ3n) is 5.27. The van der Waals surface area contributed by atoms with Crippen molar-refractivity contribution in [3.05, 3.63) is 6.07 Å². The number of anilines is 3. The first-order valence-electron chi connectivity index (χ1n) is 8.64. The highest BCUT2D eigenvalue weighted by Gasteiger charge is 2.38. The van der Waals surface area contributed by atoms with Gasteiger partial charge in [0.25, 0.3) is 0 Å². The standard InChI is InChI=1S/C16H25N5O2/c17-16-18-14(20-4-6-23-7-5-20)10-15(19-16)21-11-2-1-3-12(21)9-13(22)8-11/h10-13,22H,1-9H2,(H2,17,18,19)/t11-,12+,13?. The molecular weight excluding hydrogens is 294 g/mol. The summed E-state index contributed by atoms with van der Waals surface area (Å²) < 4.78 is 5.42. The molecule has 0 aliphatic carbocycles. The Morgan fingerprint density at radius 3 is 2.43 bits per heavy atom. The van der Waals surface area contributed by atoms with E-state index in [1.165, 1.54) is 6.42 Å². The summed E-state index contributed by atoms with van der Waals surface area (Å²) in [5, 5.41) is 10.1. The first-order chi connectivity index (χ1) is 11.2. The number of aliphatic hydroxyl groups is 1. The molecule has 0 aromatic carbocycles. The number of nitrogens with zero attached hydrogens (tertiary/aromatic N) is 4. The van der Waals surface area contributed by atoms with Crippen LogP contribution in [0.2, 0.25) is 0 Å². The van der Waals surface area contributed by atoms with E-state index in [0.717, 1.165) is 63.6 Å². The van der Waals surface area contributed by atoms with Gasteiger partial charge in [-0.1, -0.05) is 0 Å². The Morgan fingerprint density at radius 1 is 1.09 bits per heavy atom. The molecule has 4 heterocycles. The van der Waals surface area contributed by atoms with E-state index in [-0.39, 0.29) is 6.10 Å². The molecule has 3 atom stereocenters. The van der Waals surface area contributed by atoms with Gasteiger partial charge >= 0.3 is 0 Å². The molecule has 3 fully saturated rings. The van der Waals surface area contributed by atoms with Crippen LogP contribution in [0.5, 0.6) is 0 Å². The molecule has 1 unspecified atom stereocenters. The molecule has 0 saturated carbocycles. The second-order valence-corrected chi connectivity index (χ2v) is 6.81. The number of rotatable bonds is 2. The van der Waals surface area contributed by atoms with Gasteiger partial charge in [0.2, 0.25) is 5.95 Å². The topological polar surface area (TPSA) is 87.7 Å². The fourth-order valence-corrected chi connectivity index (χ4v) is 4.25.